The van der Waals surface area contributed by atoms with Crippen LogP contribution in [0.1, 0.15) is 19.0 Å². The Hall–Kier alpha value is -1.39. The fourth-order valence-electron chi connectivity index (χ4n) is 1.57. The summed E-state index contributed by atoms with van der Waals surface area (Å²) in [5.41, 5.74) is 1.03. The normalized spacial score (nSPS) is 10.8. The van der Waals surface area contributed by atoms with E-state index in [1.54, 1.807) is 12.1 Å². The zero-order valence-corrected chi connectivity index (χ0v) is 10.8. The summed E-state index contributed by atoms with van der Waals surface area (Å²) in [6, 6.07) is 4.75. The van der Waals surface area contributed by atoms with Crippen LogP contribution in [0, 0.1) is 5.82 Å². The molecule has 0 aliphatic rings. The van der Waals surface area contributed by atoms with Crippen molar-refractivity contribution in [3.05, 3.63) is 41.0 Å². The van der Waals surface area contributed by atoms with Gasteiger partial charge >= 0.3 is 0 Å². The van der Waals surface area contributed by atoms with E-state index in [2.05, 4.69) is 17.2 Å². The van der Waals surface area contributed by atoms with Crippen molar-refractivity contribution < 1.29 is 8.81 Å². The molecular formula is C13H14ClFN2O. The molecule has 1 N–H and O–H groups in total. The molecule has 0 unspecified atom stereocenters. The minimum atomic E-state index is -0.505. The number of benzene rings is 1. The highest BCUT2D eigenvalue weighted by atomic mass is 35.5. The molecule has 1 aromatic carbocycles. The first-order chi connectivity index (χ1) is 8.72. The maximum atomic E-state index is 13.8. The number of nitrogens with one attached hydrogen (secondary N) is 1. The summed E-state index contributed by atoms with van der Waals surface area (Å²) in [7, 11) is 0. The summed E-state index contributed by atoms with van der Waals surface area (Å²) in [5, 5.41) is 3.27. The molecule has 2 rings (SSSR count). The van der Waals surface area contributed by atoms with Crippen LogP contribution in [-0.4, -0.2) is 11.5 Å². The predicted octanol–water partition coefficient (Wildman–Crippen LogP) is 3.63. The SMILES string of the molecule is CCCNCc1coc(-c2cccc(Cl)c2F)n1. The summed E-state index contributed by atoms with van der Waals surface area (Å²) in [6.07, 6.45) is 2.58. The van der Waals surface area contributed by atoms with E-state index in [4.69, 9.17) is 16.0 Å². The van der Waals surface area contributed by atoms with Crippen LogP contribution in [0.5, 0.6) is 0 Å². The van der Waals surface area contributed by atoms with E-state index >= 15 is 0 Å². The molecule has 0 bridgehead atoms. The van der Waals surface area contributed by atoms with Gasteiger partial charge in [0.15, 0.2) is 5.82 Å². The molecular weight excluding hydrogens is 255 g/mol. The van der Waals surface area contributed by atoms with Gasteiger partial charge in [-0.05, 0) is 25.1 Å². The Morgan fingerprint density at radius 1 is 1.44 bits per heavy atom. The molecule has 0 amide bonds. The minimum Gasteiger partial charge on any atom is -0.444 e. The van der Waals surface area contributed by atoms with E-state index in [0.717, 1.165) is 18.7 Å². The van der Waals surface area contributed by atoms with Crippen LogP contribution in [0.15, 0.2) is 28.9 Å². The van der Waals surface area contributed by atoms with Crippen LogP contribution in [-0.2, 0) is 6.54 Å². The van der Waals surface area contributed by atoms with Gasteiger partial charge < -0.3 is 9.73 Å². The highest BCUT2D eigenvalue weighted by molar-refractivity contribution is 6.31. The van der Waals surface area contributed by atoms with Gasteiger partial charge in [0.1, 0.15) is 6.26 Å². The second-order valence-electron chi connectivity index (χ2n) is 3.92. The quantitative estimate of drug-likeness (QED) is 0.842. The first-order valence-electron chi connectivity index (χ1n) is 5.82. The van der Waals surface area contributed by atoms with Crippen LogP contribution < -0.4 is 5.32 Å². The van der Waals surface area contributed by atoms with Crippen LogP contribution in [0.4, 0.5) is 4.39 Å². The number of hydrogen-bond acceptors (Lipinski definition) is 3. The highest BCUT2D eigenvalue weighted by Crippen LogP contribution is 2.26. The number of hydrogen-bond donors (Lipinski definition) is 1. The molecule has 3 nitrogen and oxygen atoms in total. The Kier molecular flexibility index (Phi) is 4.33. The minimum absolute atomic E-state index is 0.0661. The van der Waals surface area contributed by atoms with Crippen molar-refractivity contribution in [1.29, 1.82) is 0 Å². The summed E-state index contributed by atoms with van der Waals surface area (Å²) >= 11 is 5.72. The Morgan fingerprint density at radius 2 is 2.28 bits per heavy atom. The molecule has 1 aromatic heterocycles. The van der Waals surface area contributed by atoms with Crippen molar-refractivity contribution >= 4 is 11.6 Å². The zero-order valence-electron chi connectivity index (χ0n) is 10.0. The van der Waals surface area contributed by atoms with Gasteiger partial charge in [0, 0.05) is 6.54 Å². The lowest BCUT2D eigenvalue weighted by atomic mass is 10.2. The molecule has 0 fully saturated rings. The lowest BCUT2D eigenvalue weighted by Gasteiger charge is -1.99. The van der Waals surface area contributed by atoms with Gasteiger partial charge in [0.25, 0.3) is 0 Å². The second-order valence-corrected chi connectivity index (χ2v) is 4.33. The van der Waals surface area contributed by atoms with Crippen LogP contribution >= 0.6 is 11.6 Å². The first kappa shape index (κ1) is 13.1. The van der Waals surface area contributed by atoms with Gasteiger partial charge in [-0.25, -0.2) is 9.37 Å². The average Bonchev–Trinajstić information content (AvgIpc) is 2.82. The predicted molar refractivity (Wildman–Crippen MR) is 68.9 cm³/mol. The molecule has 0 radical (unpaired) electrons. The van der Waals surface area contributed by atoms with E-state index < -0.39 is 5.82 Å². The number of halogens is 2. The maximum Gasteiger partial charge on any atom is 0.229 e. The fraction of sp³-hybridized carbons (Fsp3) is 0.308. The Labute approximate surface area is 110 Å². The zero-order chi connectivity index (χ0) is 13.0. The van der Waals surface area contributed by atoms with E-state index in [1.807, 2.05) is 0 Å². The Bertz CT molecular complexity index is 527. The van der Waals surface area contributed by atoms with Crippen molar-refractivity contribution in [1.82, 2.24) is 10.3 Å². The van der Waals surface area contributed by atoms with Gasteiger partial charge in [-0.1, -0.05) is 24.6 Å². The maximum absolute atomic E-state index is 13.8. The summed E-state index contributed by atoms with van der Waals surface area (Å²) < 4.78 is 19.0. The van der Waals surface area contributed by atoms with Gasteiger partial charge in [-0.2, -0.15) is 0 Å². The number of oxazole rings is 1. The fourth-order valence-corrected chi connectivity index (χ4v) is 1.75. The second kappa shape index (κ2) is 5.98. The number of rotatable bonds is 5. The van der Waals surface area contributed by atoms with Gasteiger partial charge in [-0.15, -0.1) is 0 Å². The number of aromatic nitrogens is 1. The molecule has 1 heterocycles. The lowest BCUT2D eigenvalue weighted by molar-refractivity contribution is 0.559. The molecule has 96 valence electrons. The topological polar surface area (TPSA) is 38.1 Å². The van der Waals surface area contributed by atoms with Crippen molar-refractivity contribution in [2.75, 3.05) is 6.54 Å². The van der Waals surface area contributed by atoms with Crippen molar-refractivity contribution in [2.45, 2.75) is 19.9 Å². The van der Waals surface area contributed by atoms with E-state index in [-0.39, 0.29) is 16.5 Å². The largest absolute Gasteiger partial charge is 0.444 e. The third-order valence-corrected chi connectivity index (χ3v) is 2.76. The third kappa shape index (κ3) is 2.89. The smallest absolute Gasteiger partial charge is 0.229 e. The van der Waals surface area contributed by atoms with E-state index in [1.165, 1.54) is 12.3 Å². The Morgan fingerprint density at radius 3 is 3.06 bits per heavy atom. The standard InChI is InChI=1S/C13H14ClFN2O/c1-2-6-16-7-9-8-18-13(17-9)10-4-3-5-11(14)12(10)15/h3-5,8,16H,2,6-7H2,1H3. The Balaban J connectivity index is 2.16. The number of nitrogens with zero attached hydrogens (tertiary/aromatic N) is 1. The van der Waals surface area contributed by atoms with Gasteiger partial charge in [0.05, 0.1) is 16.3 Å². The summed E-state index contributed by atoms with van der Waals surface area (Å²) in [4.78, 5) is 4.23. The summed E-state index contributed by atoms with van der Waals surface area (Å²) in [6.45, 7) is 3.61. The average molecular weight is 269 g/mol. The molecule has 0 atom stereocenters. The van der Waals surface area contributed by atoms with Crippen molar-refractivity contribution in [3.8, 4) is 11.5 Å². The summed E-state index contributed by atoms with van der Waals surface area (Å²) in [5.74, 6) is -0.252. The lowest BCUT2D eigenvalue weighted by Crippen LogP contribution is -2.13. The molecule has 0 saturated heterocycles. The van der Waals surface area contributed by atoms with Gasteiger partial charge in [-0.3, -0.25) is 0 Å². The third-order valence-electron chi connectivity index (χ3n) is 2.47. The first-order valence-corrected chi connectivity index (χ1v) is 6.19. The molecule has 0 aliphatic carbocycles. The molecule has 5 heteroatoms. The van der Waals surface area contributed by atoms with E-state index in [0.29, 0.717) is 6.54 Å². The van der Waals surface area contributed by atoms with Gasteiger partial charge in [0.2, 0.25) is 5.89 Å². The molecule has 0 saturated carbocycles. The highest BCUT2D eigenvalue weighted by Gasteiger charge is 2.13. The van der Waals surface area contributed by atoms with Crippen LogP contribution in [0.2, 0.25) is 5.02 Å². The van der Waals surface area contributed by atoms with Crippen molar-refractivity contribution in [3.63, 3.8) is 0 Å². The molecule has 0 aliphatic heterocycles. The monoisotopic (exact) mass is 268 g/mol. The van der Waals surface area contributed by atoms with Crippen molar-refractivity contribution in [2.24, 2.45) is 0 Å². The molecule has 2 aromatic rings. The molecule has 0 spiro atoms. The van der Waals surface area contributed by atoms with Crippen LogP contribution in [0.3, 0.4) is 0 Å². The van der Waals surface area contributed by atoms with E-state index in [9.17, 15) is 4.39 Å². The van der Waals surface area contributed by atoms with Crippen LogP contribution in [0.25, 0.3) is 11.5 Å². The molecule has 18 heavy (non-hydrogen) atoms.